The molecule has 1 atom stereocenters. The highest BCUT2D eigenvalue weighted by molar-refractivity contribution is 5.94. The summed E-state index contributed by atoms with van der Waals surface area (Å²) in [5.74, 6) is 5.14. The third-order valence-corrected chi connectivity index (χ3v) is 4.26. The Hall–Kier alpha value is -3.13. The summed E-state index contributed by atoms with van der Waals surface area (Å²) in [6.07, 6.45) is 4.69. The van der Waals surface area contributed by atoms with Gasteiger partial charge in [0, 0.05) is 36.6 Å². The van der Waals surface area contributed by atoms with E-state index in [1.165, 1.54) is 0 Å². The molecular formula is C21H20N2O3. The van der Waals surface area contributed by atoms with Gasteiger partial charge in [0.05, 0.1) is 5.92 Å². The largest absolute Gasteiger partial charge is 0.452 e. The van der Waals surface area contributed by atoms with Crippen LogP contribution in [0.2, 0.25) is 0 Å². The molecule has 1 amide bonds. The Kier molecular flexibility index (Phi) is 6.00. The lowest BCUT2D eigenvalue weighted by Crippen LogP contribution is -2.42. The Morgan fingerprint density at radius 2 is 1.92 bits per heavy atom. The molecule has 1 aromatic carbocycles. The second kappa shape index (κ2) is 8.82. The smallest absolute Gasteiger partial charge is 0.311 e. The molecule has 1 fully saturated rings. The molecule has 0 aliphatic carbocycles. The maximum Gasteiger partial charge on any atom is 0.311 e. The quantitative estimate of drug-likeness (QED) is 0.632. The summed E-state index contributed by atoms with van der Waals surface area (Å²) in [7, 11) is 0. The standard InChI is InChI=1S/C21H20N2O3/c24-20(18-10-12-22-13-11-18)23-14-4-9-19(16-23)21(25)26-15-5-8-17-6-2-1-3-7-17/h1-3,6-7,10-13,19H,4,9,14-16H2. The first-order valence-electron chi connectivity index (χ1n) is 8.64. The Morgan fingerprint density at radius 1 is 1.15 bits per heavy atom. The van der Waals surface area contributed by atoms with Crippen LogP contribution >= 0.6 is 0 Å². The van der Waals surface area contributed by atoms with Crippen LogP contribution in [0.1, 0.15) is 28.8 Å². The fourth-order valence-electron chi connectivity index (χ4n) is 2.92. The van der Waals surface area contributed by atoms with E-state index in [4.69, 9.17) is 4.74 Å². The summed E-state index contributed by atoms with van der Waals surface area (Å²) in [6, 6.07) is 12.9. The van der Waals surface area contributed by atoms with Crippen LogP contribution in [0.3, 0.4) is 0 Å². The Bertz CT molecular complexity index is 809. The van der Waals surface area contributed by atoms with E-state index in [2.05, 4.69) is 16.8 Å². The van der Waals surface area contributed by atoms with Crippen LogP contribution in [0, 0.1) is 17.8 Å². The molecule has 3 rings (SSSR count). The molecule has 26 heavy (non-hydrogen) atoms. The lowest BCUT2D eigenvalue weighted by molar-refractivity contribution is -0.148. The number of aromatic nitrogens is 1. The molecular weight excluding hydrogens is 328 g/mol. The maximum absolute atomic E-state index is 12.5. The number of hydrogen-bond acceptors (Lipinski definition) is 4. The molecule has 0 bridgehead atoms. The van der Waals surface area contributed by atoms with Crippen molar-refractivity contribution < 1.29 is 14.3 Å². The van der Waals surface area contributed by atoms with E-state index in [9.17, 15) is 9.59 Å². The monoisotopic (exact) mass is 348 g/mol. The van der Waals surface area contributed by atoms with Crippen LogP contribution in [-0.4, -0.2) is 41.5 Å². The van der Waals surface area contributed by atoms with Gasteiger partial charge >= 0.3 is 5.97 Å². The van der Waals surface area contributed by atoms with Crippen molar-refractivity contribution in [1.29, 1.82) is 0 Å². The van der Waals surface area contributed by atoms with E-state index in [-0.39, 0.29) is 24.4 Å². The van der Waals surface area contributed by atoms with Crippen LogP contribution in [0.25, 0.3) is 0 Å². The first-order chi connectivity index (χ1) is 12.7. The Balaban J connectivity index is 1.52. The molecule has 5 nitrogen and oxygen atoms in total. The first-order valence-corrected chi connectivity index (χ1v) is 8.64. The predicted octanol–water partition coefficient (Wildman–Crippen LogP) is 2.53. The zero-order valence-corrected chi connectivity index (χ0v) is 14.4. The molecule has 1 aliphatic heterocycles. The van der Waals surface area contributed by atoms with E-state index in [1.54, 1.807) is 29.4 Å². The average molecular weight is 348 g/mol. The SMILES string of the molecule is O=C(OCC#Cc1ccccc1)C1CCCN(C(=O)c2ccncc2)C1. The number of piperidine rings is 1. The highest BCUT2D eigenvalue weighted by atomic mass is 16.5. The number of rotatable bonds is 3. The number of hydrogen-bond donors (Lipinski definition) is 0. The molecule has 2 heterocycles. The zero-order chi connectivity index (χ0) is 18.2. The lowest BCUT2D eigenvalue weighted by Gasteiger charge is -2.31. The maximum atomic E-state index is 12.5. The van der Waals surface area contributed by atoms with Crippen molar-refractivity contribution >= 4 is 11.9 Å². The third kappa shape index (κ3) is 4.70. The number of nitrogens with zero attached hydrogens (tertiary/aromatic N) is 2. The van der Waals surface area contributed by atoms with Gasteiger partial charge in [-0.2, -0.15) is 0 Å². The molecule has 0 radical (unpaired) electrons. The molecule has 0 N–H and O–H groups in total. The van der Waals surface area contributed by atoms with Crippen molar-refractivity contribution in [3.8, 4) is 11.8 Å². The van der Waals surface area contributed by atoms with E-state index < -0.39 is 0 Å². The van der Waals surface area contributed by atoms with Gasteiger partial charge in [0.25, 0.3) is 5.91 Å². The van der Waals surface area contributed by atoms with Crippen molar-refractivity contribution in [3.05, 3.63) is 66.0 Å². The van der Waals surface area contributed by atoms with Crippen LogP contribution in [-0.2, 0) is 9.53 Å². The minimum atomic E-state index is -0.298. The van der Waals surface area contributed by atoms with Crippen molar-refractivity contribution in [2.45, 2.75) is 12.8 Å². The number of ether oxygens (including phenoxy) is 1. The van der Waals surface area contributed by atoms with Crippen molar-refractivity contribution in [1.82, 2.24) is 9.88 Å². The van der Waals surface area contributed by atoms with Gasteiger partial charge in [-0.15, -0.1) is 0 Å². The summed E-state index contributed by atoms with van der Waals surface area (Å²) in [6.45, 7) is 1.09. The lowest BCUT2D eigenvalue weighted by atomic mass is 9.97. The normalized spacial score (nSPS) is 16.3. The number of likely N-dealkylation sites (tertiary alicyclic amines) is 1. The first kappa shape index (κ1) is 17.7. The van der Waals surface area contributed by atoms with Crippen LogP contribution in [0.5, 0.6) is 0 Å². The molecule has 1 saturated heterocycles. The predicted molar refractivity (Wildman–Crippen MR) is 97.1 cm³/mol. The second-order valence-electron chi connectivity index (χ2n) is 6.10. The molecule has 1 unspecified atom stereocenters. The summed E-state index contributed by atoms with van der Waals surface area (Å²) in [5.41, 5.74) is 1.47. The summed E-state index contributed by atoms with van der Waals surface area (Å²) in [5, 5.41) is 0. The molecule has 1 aliphatic rings. The fraction of sp³-hybridized carbons (Fsp3) is 0.286. The highest BCUT2D eigenvalue weighted by Gasteiger charge is 2.29. The van der Waals surface area contributed by atoms with E-state index in [0.717, 1.165) is 18.4 Å². The third-order valence-electron chi connectivity index (χ3n) is 4.26. The van der Waals surface area contributed by atoms with E-state index in [0.29, 0.717) is 18.7 Å². The number of carbonyl (C=O) groups is 2. The molecule has 132 valence electrons. The van der Waals surface area contributed by atoms with Crippen molar-refractivity contribution in [2.24, 2.45) is 5.92 Å². The fourth-order valence-corrected chi connectivity index (χ4v) is 2.92. The average Bonchev–Trinajstić information content (AvgIpc) is 2.72. The molecule has 0 spiro atoms. The molecule has 2 aromatic rings. The van der Waals surface area contributed by atoms with Crippen molar-refractivity contribution in [3.63, 3.8) is 0 Å². The highest BCUT2D eigenvalue weighted by Crippen LogP contribution is 2.19. The summed E-state index contributed by atoms with van der Waals surface area (Å²) < 4.78 is 5.28. The summed E-state index contributed by atoms with van der Waals surface area (Å²) >= 11 is 0. The van der Waals surface area contributed by atoms with Gasteiger partial charge in [0.2, 0.25) is 0 Å². The number of esters is 1. The second-order valence-corrected chi connectivity index (χ2v) is 6.10. The number of carbonyl (C=O) groups excluding carboxylic acids is 2. The van der Waals surface area contributed by atoms with Gasteiger partial charge in [-0.3, -0.25) is 14.6 Å². The molecule has 1 aromatic heterocycles. The van der Waals surface area contributed by atoms with Gasteiger partial charge in [-0.1, -0.05) is 30.0 Å². The topological polar surface area (TPSA) is 59.5 Å². The number of benzene rings is 1. The van der Waals surface area contributed by atoms with E-state index >= 15 is 0 Å². The molecule has 5 heteroatoms. The molecule has 0 saturated carbocycles. The van der Waals surface area contributed by atoms with Crippen LogP contribution < -0.4 is 0 Å². The number of pyridine rings is 1. The van der Waals surface area contributed by atoms with Crippen molar-refractivity contribution in [2.75, 3.05) is 19.7 Å². The Morgan fingerprint density at radius 3 is 2.69 bits per heavy atom. The van der Waals surface area contributed by atoms with E-state index in [1.807, 2.05) is 30.3 Å². The minimum absolute atomic E-state index is 0.0581. The number of amides is 1. The van der Waals surface area contributed by atoms with Gasteiger partial charge in [0.15, 0.2) is 6.61 Å². The zero-order valence-electron chi connectivity index (χ0n) is 14.4. The Labute approximate surface area is 153 Å². The van der Waals surface area contributed by atoms with Gasteiger partial charge < -0.3 is 9.64 Å². The van der Waals surface area contributed by atoms with Gasteiger partial charge in [-0.25, -0.2) is 0 Å². The van der Waals surface area contributed by atoms with Gasteiger partial charge in [0.1, 0.15) is 0 Å². The van der Waals surface area contributed by atoms with Crippen LogP contribution in [0.15, 0.2) is 54.9 Å². The minimum Gasteiger partial charge on any atom is -0.452 e. The summed E-state index contributed by atoms with van der Waals surface area (Å²) in [4.78, 5) is 30.4. The van der Waals surface area contributed by atoms with Gasteiger partial charge in [-0.05, 0) is 37.1 Å². The van der Waals surface area contributed by atoms with Crippen LogP contribution in [0.4, 0.5) is 0 Å².